The van der Waals surface area contributed by atoms with Crippen molar-refractivity contribution in [3.8, 4) is 16.9 Å². The van der Waals surface area contributed by atoms with Crippen molar-refractivity contribution >= 4 is 16.7 Å². The lowest BCUT2D eigenvalue weighted by Crippen LogP contribution is -2.22. The number of aromatic nitrogens is 2. The molecule has 1 aromatic heterocycles. The summed E-state index contributed by atoms with van der Waals surface area (Å²) in [7, 11) is 0. The normalized spacial score (nSPS) is 10.9. The first-order valence-corrected chi connectivity index (χ1v) is 8.47. The minimum atomic E-state index is -1.05. The first kappa shape index (κ1) is 16.7. The van der Waals surface area contributed by atoms with E-state index < -0.39 is 5.97 Å². The number of aromatic carboxylic acids is 1. The predicted molar refractivity (Wildman–Crippen MR) is 104 cm³/mol. The molecule has 0 bridgehead atoms. The highest BCUT2D eigenvalue weighted by molar-refractivity contribution is 5.94. The zero-order valence-corrected chi connectivity index (χ0v) is 14.6. The zero-order valence-electron chi connectivity index (χ0n) is 14.6. The van der Waals surface area contributed by atoms with Crippen molar-refractivity contribution in [3.63, 3.8) is 0 Å². The molecule has 0 saturated carbocycles. The molecular weight excluding hydrogens is 340 g/mol. The van der Waals surface area contributed by atoms with Crippen molar-refractivity contribution < 1.29 is 9.90 Å². The molecule has 0 aliphatic heterocycles. The Morgan fingerprint density at radius 3 is 2.33 bits per heavy atom. The Bertz CT molecular complexity index is 1220. The minimum absolute atomic E-state index is 0.103. The Kier molecular flexibility index (Phi) is 4.05. The number of aryl methyl sites for hydroxylation is 1. The third-order valence-corrected chi connectivity index (χ3v) is 4.47. The van der Waals surface area contributed by atoms with Gasteiger partial charge in [-0.25, -0.2) is 4.79 Å². The SMILES string of the molecule is Cc1ccc(-c2nn(-c3cccc(C(=O)O)c3)c(=O)c3ccccc23)cc1. The third kappa shape index (κ3) is 3.00. The van der Waals surface area contributed by atoms with Crippen LogP contribution in [-0.4, -0.2) is 20.9 Å². The van der Waals surface area contributed by atoms with Crippen molar-refractivity contribution in [2.24, 2.45) is 0 Å². The van der Waals surface area contributed by atoms with E-state index in [1.165, 1.54) is 16.8 Å². The molecule has 1 heterocycles. The van der Waals surface area contributed by atoms with Gasteiger partial charge in [0.1, 0.15) is 0 Å². The number of carboxylic acid groups (broad SMARTS) is 1. The Morgan fingerprint density at radius 2 is 1.63 bits per heavy atom. The van der Waals surface area contributed by atoms with Gasteiger partial charge in [-0.1, -0.05) is 54.1 Å². The molecule has 27 heavy (non-hydrogen) atoms. The zero-order chi connectivity index (χ0) is 19.0. The van der Waals surface area contributed by atoms with Crippen molar-refractivity contribution in [1.29, 1.82) is 0 Å². The molecule has 0 radical (unpaired) electrons. The molecule has 132 valence electrons. The molecule has 0 fully saturated rings. The van der Waals surface area contributed by atoms with Gasteiger partial charge in [-0.2, -0.15) is 9.78 Å². The van der Waals surface area contributed by atoms with Crippen LogP contribution in [0.1, 0.15) is 15.9 Å². The summed E-state index contributed by atoms with van der Waals surface area (Å²) in [6.45, 7) is 2.01. The lowest BCUT2D eigenvalue weighted by molar-refractivity contribution is 0.0697. The molecular formula is C22H16N2O3. The fourth-order valence-corrected chi connectivity index (χ4v) is 3.06. The third-order valence-electron chi connectivity index (χ3n) is 4.47. The topological polar surface area (TPSA) is 72.2 Å². The maximum absolute atomic E-state index is 13.0. The van der Waals surface area contributed by atoms with E-state index in [4.69, 9.17) is 0 Å². The van der Waals surface area contributed by atoms with Crippen molar-refractivity contribution in [1.82, 2.24) is 9.78 Å². The van der Waals surface area contributed by atoms with Crippen LogP contribution in [0.3, 0.4) is 0 Å². The van der Waals surface area contributed by atoms with Crippen molar-refractivity contribution in [2.45, 2.75) is 6.92 Å². The summed E-state index contributed by atoms with van der Waals surface area (Å²) in [5, 5.41) is 15.1. The molecule has 1 N–H and O–H groups in total. The van der Waals surface area contributed by atoms with E-state index in [0.29, 0.717) is 16.8 Å². The first-order valence-electron chi connectivity index (χ1n) is 8.47. The Morgan fingerprint density at radius 1 is 0.926 bits per heavy atom. The van der Waals surface area contributed by atoms with Crippen LogP contribution >= 0.6 is 0 Å². The fourth-order valence-electron chi connectivity index (χ4n) is 3.06. The van der Waals surface area contributed by atoms with Gasteiger partial charge in [-0.15, -0.1) is 0 Å². The fraction of sp³-hybridized carbons (Fsp3) is 0.0455. The average Bonchev–Trinajstić information content (AvgIpc) is 2.69. The van der Waals surface area contributed by atoms with Crippen LogP contribution < -0.4 is 5.56 Å². The van der Waals surface area contributed by atoms with E-state index >= 15 is 0 Å². The highest BCUT2D eigenvalue weighted by atomic mass is 16.4. The molecule has 0 saturated heterocycles. The molecule has 3 aromatic carbocycles. The van der Waals surface area contributed by atoms with E-state index in [1.807, 2.05) is 43.3 Å². The second-order valence-corrected chi connectivity index (χ2v) is 6.33. The number of hydrogen-bond acceptors (Lipinski definition) is 3. The molecule has 5 nitrogen and oxygen atoms in total. The van der Waals surface area contributed by atoms with Gasteiger partial charge >= 0.3 is 5.97 Å². The van der Waals surface area contributed by atoms with Gasteiger partial charge in [-0.05, 0) is 31.2 Å². The van der Waals surface area contributed by atoms with E-state index in [1.54, 1.807) is 24.3 Å². The molecule has 4 aromatic rings. The molecule has 0 aliphatic carbocycles. The van der Waals surface area contributed by atoms with Crippen molar-refractivity contribution in [3.05, 3.63) is 94.3 Å². The highest BCUT2D eigenvalue weighted by Crippen LogP contribution is 2.25. The summed E-state index contributed by atoms with van der Waals surface area (Å²) in [5.41, 5.74) is 2.92. The standard InChI is InChI=1S/C22H16N2O3/c1-14-9-11-15(12-10-14)20-18-7-2-3-8-19(18)21(25)24(23-20)17-6-4-5-16(13-17)22(26)27/h2-13H,1H3,(H,26,27). The number of nitrogens with zero attached hydrogens (tertiary/aromatic N) is 2. The van der Waals surface area contributed by atoms with Crippen LogP contribution in [0.15, 0.2) is 77.6 Å². The van der Waals surface area contributed by atoms with Crippen LogP contribution in [0, 0.1) is 6.92 Å². The quantitative estimate of drug-likeness (QED) is 0.601. The molecule has 0 atom stereocenters. The average molecular weight is 356 g/mol. The number of carboxylic acids is 1. The number of hydrogen-bond donors (Lipinski definition) is 1. The van der Waals surface area contributed by atoms with Gasteiger partial charge in [0.05, 0.1) is 22.3 Å². The largest absolute Gasteiger partial charge is 0.478 e. The van der Waals surface area contributed by atoms with Gasteiger partial charge in [0.25, 0.3) is 5.56 Å². The highest BCUT2D eigenvalue weighted by Gasteiger charge is 2.14. The molecule has 0 aliphatic rings. The Labute approximate surface area is 155 Å². The first-order chi connectivity index (χ1) is 13.0. The van der Waals surface area contributed by atoms with E-state index in [0.717, 1.165) is 16.5 Å². The lowest BCUT2D eigenvalue weighted by Gasteiger charge is -2.12. The summed E-state index contributed by atoms with van der Waals surface area (Å²) in [6, 6.07) is 21.4. The van der Waals surface area contributed by atoms with Gasteiger partial charge in [0.15, 0.2) is 0 Å². The number of benzene rings is 3. The second kappa shape index (κ2) is 6.53. The monoisotopic (exact) mass is 356 g/mol. The Balaban J connectivity index is 2.04. The summed E-state index contributed by atoms with van der Waals surface area (Å²) in [4.78, 5) is 24.3. The van der Waals surface area contributed by atoms with Crippen LogP contribution in [-0.2, 0) is 0 Å². The second-order valence-electron chi connectivity index (χ2n) is 6.33. The number of rotatable bonds is 3. The van der Waals surface area contributed by atoms with Crippen LogP contribution in [0.5, 0.6) is 0 Å². The molecule has 0 unspecified atom stereocenters. The van der Waals surface area contributed by atoms with E-state index in [-0.39, 0.29) is 11.1 Å². The predicted octanol–water partition coefficient (Wildman–Crippen LogP) is 4.06. The van der Waals surface area contributed by atoms with Gasteiger partial charge in [0, 0.05) is 10.9 Å². The van der Waals surface area contributed by atoms with Gasteiger partial charge in [0.2, 0.25) is 0 Å². The van der Waals surface area contributed by atoms with Crippen molar-refractivity contribution in [2.75, 3.05) is 0 Å². The maximum atomic E-state index is 13.0. The number of fused-ring (bicyclic) bond motifs is 1. The van der Waals surface area contributed by atoms with Crippen LogP contribution in [0.4, 0.5) is 0 Å². The smallest absolute Gasteiger partial charge is 0.335 e. The summed E-state index contributed by atoms with van der Waals surface area (Å²) in [6.07, 6.45) is 0. The van der Waals surface area contributed by atoms with Crippen LogP contribution in [0.2, 0.25) is 0 Å². The van der Waals surface area contributed by atoms with E-state index in [9.17, 15) is 14.7 Å². The molecule has 5 heteroatoms. The number of carbonyl (C=O) groups is 1. The summed E-state index contributed by atoms with van der Waals surface area (Å²) >= 11 is 0. The van der Waals surface area contributed by atoms with Crippen LogP contribution in [0.25, 0.3) is 27.7 Å². The van der Waals surface area contributed by atoms with Gasteiger partial charge < -0.3 is 5.11 Å². The maximum Gasteiger partial charge on any atom is 0.335 e. The minimum Gasteiger partial charge on any atom is -0.478 e. The summed E-state index contributed by atoms with van der Waals surface area (Å²) in [5.74, 6) is -1.05. The molecule has 0 amide bonds. The van der Waals surface area contributed by atoms with Gasteiger partial charge in [-0.3, -0.25) is 4.79 Å². The summed E-state index contributed by atoms with van der Waals surface area (Å²) < 4.78 is 1.27. The lowest BCUT2D eigenvalue weighted by atomic mass is 10.0. The molecule has 0 spiro atoms. The van der Waals surface area contributed by atoms with E-state index in [2.05, 4.69) is 5.10 Å². The Hall–Kier alpha value is -3.73. The molecule has 4 rings (SSSR count).